The molecule has 100 heavy (non-hydrogen) atoms. The first kappa shape index (κ1) is 98.1. The highest BCUT2D eigenvalue weighted by molar-refractivity contribution is 7.47. The Morgan fingerprint density at radius 1 is 0.290 bits per heavy atom. The summed E-state index contributed by atoms with van der Waals surface area (Å²) in [5.74, 6) is 0.357. The van der Waals surface area contributed by atoms with E-state index in [1.807, 2.05) is 0 Å². The lowest BCUT2D eigenvalue weighted by Gasteiger charge is -2.21. The highest BCUT2D eigenvalue weighted by Gasteiger charge is 2.30. The number of phosphoric acid groups is 2. The maximum Gasteiger partial charge on any atom is 0.472 e. The molecule has 0 aromatic rings. The summed E-state index contributed by atoms with van der Waals surface area (Å²) < 4.78 is 68.6. The maximum absolute atomic E-state index is 13.1. The Bertz CT molecular complexity index is 1940. The van der Waals surface area contributed by atoms with Crippen molar-refractivity contribution in [1.29, 1.82) is 0 Å². The number of hydrogen-bond donors (Lipinski definition) is 3. The van der Waals surface area contributed by atoms with Crippen LogP contribution in [0.25, 0.3) is 0 Å². The SMILES string of the molecule is CCCCCCCCCC(=O)OC[C@H](COP(=O)(O)OC[C@H](O)COP(=O)(O)OC[C@@H](COC(=O)CCCCCCCCCCCCCCCCC(C)CC)OC(=O)CCCCCCCCCCCCCCCCCCCCC(C)CC)OC(=O)CCCCCCCCCCCCC(C)C. The largest absolute Gasteiger partial charge is 0.472 e. The molecule has 0 aliphatic heterocycles. The standard InChI is InChI=1S/C81H158O17P2/c1-8-11-12-13-38-48-55-62-78(83)91-68-76(97-81(86)65-58-51-44-37-31-30-32-39-45-52-59-72(4)5)70-95-99(87,88)93-66-75(82)67-94-100(89,90)96-71-77(69-92-79(84)63-56-49-42-35-28-24-21-20-23-27-34-41-47-54-61-74(7)10-3)98-80(85)64-57-50-43-36-29-25-19-17-15-14-16-18-22-26-33-40-46-53-60-73(6)9-2/h72-77,82H,8-71H2,1-7H3,(H,87,88)(H,89,90)/t73?,74?,75-,76+,77+/m0/s1. The minimum Gasteiger partial charge on any atom is -0.462 e. The average molecular weight is 1470 g/mol. The van der Waals surface area contributed by atoms with Crippen LogP contribution in [0.2, 0.25) is 0 Å². The second-order valence-electron chi connectivity index (χ2n) is 30.1. The van der Waals surface area contributed by atoms with E-state index in [-0.39, 0.29) is 25.7 Å². The molecule has 7 atom stereocenters. The first-order chi connectivity index (χ1) is 48.3. The Balaban J connectivity index is 5.17. The number of rotatable bonds is 79. The molecule has 0 heterocycles. The Morgan fingerprint density at radius 2 is 0.510 bits per heavy atom. The van der Waals surface area contributed by atoms with Crippen molar-refractivity contribution in [3.05, 3.63) is 0 Å². The zero-order valence-corrected chi connectivity index (χ0v) is 67.5. The molecule has 0 aromatic carbocycles. The molecule has 0 saturated carbocycles. The van der Waals surface area contributed by atoms with Crippen LogP contribution in [-0.4, -0.2) is 96.7 Å². The number of phosphoric ester groups is 2. The molecule has 17 nitrogen and oxygen atoms in total. The van der Waals surface area contributed by atoms with E-state index in [9.17, 15) is 43.2 Å². The number of esters is 4. The Morgan fingerprint density at radius 3 is 0.760 bits per heavy atom. The number of aliphatic hydroxyl groups excluding tert-OH is 1. The summed E-state index contributed by atoms with van der Waals surface area (Å²) in [5.41, 5.74) is 0. The van der Waals surface area contributed by atoms with E-state index in [0.717, 1.165) is 120 Å². The molecule has 594 valence electrons. The number of carbonyl (C=O) groups excluding carboxylic acids is 4. The van der Waals surface area contributed by atoms with E-state index in [1.54, 1.807) is 0 Å². The third-order valence-electron chi connectivity index (χ3n) is 19.6. The fourth-order valence-electron chi connectivity index (χ4n) is 12.4. The second kappa shape index (κ2) is 71.3. The van der Waals surface area contributed by atoms with E-state index in [0.29, 0.717) is 25.7 Å². The van der Waals surface area contributed by atoms with Gasteiger partial charge in [0.25, 0.3) is 0 Å². The number of carbonyl (C=O) groups is 4. The highest BCUT2D eigenvalue weighted by Crippen LogP contribution is 2.45. The Hall–Kier alpha value is -1.94. The topological polar surface area (TPSA) is 237 Å². The minimum absolute atomic E-state index is 0.106. The van der Waals surface area contributed by atoms with Gasteiger partial charge in [-0.2, -0.15) is 0 Å². The predicted octanol–water partition coefficient (Wildman–Crippen LogP) is 24.1. The molecule has 4 unspecified atom stereocenters. The lowest BCUT2D eigenvalue weighted by molar-refractivity contribution is -0.161. The van der Waals surface area contributed by atoms with Gasteiger partial charge in [0.05, 0.1) is 26.4 Å². The maximum atomic E-state index is 13.1. The van der Waals surface area contributed by atoms with Gasteiger partial charge < -0.3 is 33.8 Å². The van der Waals surface area contributed by atoms with E-state index >= 15 is 0 Å². The molecule has 0 radical (unpaired) electrons. The zero-order chi connectivity index (χ0) is 73.7. The van der Waals surface area contributed by atoms with Gasteiger partial charge >= 0.3 is 39.5 Å². The summed E-state index contributed by atoms with van der Waals surface area (Å²) in [7, 11) is -9.91. The fourth-order valence-corrected chi connectivity index (χ4v) is 14.0. The van der Waals surface area contributed by atoms with Gasteiger partial charge in [0, 0.05) is 25.7 Å². The number of hydrogen-bond acceptors (Lipinski definition) is 15. The number of ether oxygens (including phenoxy) is 4. The monoisotopic (exact) mass is 1470 g/mol. The van der Waals surface area contributed by atoms with Crippen molar-refractivity contribution in [2.24, 2.45) is 17.8 Å². The summed E-state index contributed by atoms with van der Waals surface area (Å²) in [6.07, 6.45) is 59.8. The Kier molecular flexibility index (Phi) is 69.9. The molecule has 0 rings (SSSR count). The molecule has 0 aliphatic rings. The second-order valence-corrected chi connectivity index (χ2v) is 33.0. The van der Waals surface area contributed by atoms with Crippen LogP contribution in [0.5, 0.6) is 0 Å². The first-order valence-electron chi connectivity index (χ1n) is 41.9. The third-order valence-corrected chi connectivity index (χ3v) is 21.5. The normalized spacial score (nSPS) is 14.5. The summed E-state index contributed by atoms with van der Waals surface area (Å²) >= 11 is 0. The highest BCUT2D eigenvalue weighted by atomic mass is 31.2. The quantitative estimate of drug-likeness (QED) is 0.0222. The number of unbranched alkanes of at least 4 members (excludes halogenated alkanes) is 45. The van der Waals surface area contributed by atoms with Crippen LogP contribution < -0.4 is 0 Å². The van der Waals surface area contributed by atoms with Gasteiger partial charge in [0.1, 0.15) is 19.3 Å². The predicted molar refractivity (Wildman–Crippen MR) is 409 cm³/mol. The third kappa shape index (κ3) is 71.7. The molecule has 0 aromatic heterocycles. The molecular weight excluding hydrogens is 1310 g/mol. The van der Waals surface area contributed by atoms with Gasteiger partial charge in [-0.15, -0.1) is 0 Å². The van der Waals surface area contributed by atoms with Crippen LogP contribution in [-0.2, 0) is 65.4 Å². The average Bonchev–Trinajstić information content (AvgIpc) is 0.920. The molecule has 0 spiro atoms. The van der Waals surface area contributed by atoms with Gasteiger partial charge in [0.15, 0.2) is 12.2 Å². The van der Waals surface area contributed by atoms with Gasteiger partial charge in [-0.1, -0.05) is 370 Å². The summed E-state index contributed by atoms with van der Waals surface area (Å²) in [6.45, 7) is 12.0. The molecule has 0 aliphatic carbocycles. The van der Waals surface area contributed by atoms with Crippen molar-refractivity contribution in [2.45, 2.75) is 439 Å². The van der Waals surface area contributed by atoms with Crippen LogP contribution in [0.1, 0.15) is 421 Å². The van der Waals surface area contributed by atoms with Crippen molar-refractivity contribution in [3.8, 4) is 0 Å². The van der Waals surface area contributed by atoms with E-state index in [2.05, 4.69) is 48.5 Å². The lowest BCUT2D eigenvalue weighted by atomic mass is 9.99. The van der Waals surface area contributed by atoms with Crippen LogP contribution in [0, 0.1) is 17.8 Å². The molecule has 0 amide bonds. The van der Waals surface area contributed by atoms with E-state index in [4.69, 9.17) is 37.0 Å². The van der Waals surface area contributed by atoms with Crippen molar-refractivity contribution < 1.29 is 80.2 Å². The van der Waals surface area contributed by atoms with E-state index in [1.165, 1.54) is 218 Å². The molecular formula is C81H158O17P2. The lowest BCUT2D eigenvalue weighted by Crippen LogP contribution is -2.30. The minimum atomic E-state index is -4.96. The molecule has 0 fully saturated rings. The summed E-state index contributed by atoms with van der Waals surface area (Å²) in [5, 5.41) is 10.6. The fraction of sp³-hybridized carbons (Fsp3) is 0.951. The molecule has 0 saturated heterocycles. The van der Waals surface area contributed by atoms with Gasteiger partial charge in [-0.25, -0.2) is 9.13 Å². The smallest absolute Gasteiger partial charge is 0.462 e. The van der Waals surface area contributed by atoms with Gasteiger partial charge in [-0.3, -0.25) is 37.3 Å². The van der Waals surface area contributed by atoms with Crippen LogP contribution in [0.15, 0.2) is 0 Å². The van der Waals surface area contributed by atoms with Crippen LogP contribution >= 0.6 is 15.6 Å². The summed E-state index contributed by atoms with van der Waals surface area (Å²) in [4.78, 5) is 72.8. The van der Waals surface area contributed by atoms with Gasteiger partial charge in [-0.05, 0) is 43.4 Å². The van der Waals surface area contributed by atoms with Crippen molar-refractivity contribution in [2.75, 3.05) is 39.6 Å². The molecule has 0 bridgehead atoms. The van der Waals surface area contributed by atoms with Crippen LogP contribution in [0.4, 0.5) is 0 Å². The first-order valence-corrected chi connectivity index (χ1v) is 44.9. The molecule has 19 heteroatoms. The Labute approximate surface area is 613 Å². The van der Waals surface area contributed by atoms with Gasteiger partial charge in [0.2, 0.25) is 0 Å². The van der Waals surface area contributed by atoms with E-state index < -0.39 is 97.5 Å². The van der Waals surface area contributed by atoms with Crippen LogP contribution in [0.3, 0.4) is 0 Å². The van der Waals surface area contributed by atoms with Crippen molar-refractivity contribution >= 4 is 39.5 Å². The zero-order valence-electron chi connectivity index (χ0n) is 65.7. The van der Waals surface area contributed by atoms with Crippen molar-refractivity contribution in [1.82, 2.24) is 0 Å². The summed E-state index contributed by atoms with van der Waals surface area (Å²) in [6, 6.07) is 0. The molecule has 3 N–H and O–H groups in total. The number of aliphatic hydroxyl groups is 1. The van der Waals surface area contributed by atoms with Crippen molar-refractivity contribution in [3.63, 3.8) is 0 Å².